The summed E-state index contributed by atoms with van der Waals surface area (Å²) in [5.41, 5.74) is 6.26. The summed E-state index contributed by atoms with van der Waals surface area (Å²) < 4.78 is 5.06. The molecule has 134 valence electrons. The lowest BCUT2D eigenvalue weighted by atomic mass is 10.2. The van der Waals surface area contributed by atoms with Gasteiger partial charge in [0, 0.05) is 23.6 Å². The zero-order valence-electron chi connectivity index (χ0n) is 13.9. The van der Waals surface area contributed by atoms with Crippen LogP contribution >= 0.6 is 23.5 Å². The Hall–Kier alpha value is -0.850. The molecule has 3 N–H and O–H groups in total. The van der Waals surface area contributed by atoms with E-state index in [0.717, 1.165) is 12.1 Å². The fourth-order valence-corrected chi connectivity index (χ4v) is 1.62. The molecule has 0 saturated heterocycles. The van der Waals surface area contributed by atoms with E-state index < -0.39 is 0 Å². The summed E-state index contributed by atoms with van der Waals surface area (Å²) in [6.07, 6.45) is 3.73. The minimum atomic E-state index is -0.357. The van der Waals surface area contributed by atoms with Gasteiger partial charge in [-0.3, -0.25) is 0 Å². The lowest BCUT2D eigenvalue weighted by molar-refractivity contribution is 0.140. The van der Waals surface area contributed by atoms with Gasteiger partial charge in [-0.2, -0.15) is 23.5 Å². The summed E-state index contributed by atoms with van der Waals surface area (Å²) in [4.78, 5) is 11.3. The fraction of sp³-hybridized carbons (Fsp3) is 0.588. The first-order valence-corrected chi connectivity index (χ1v) is 9.81. The predicted molar refractivity (Wildman–Crippen MR) is 106 cm³/mol. The summed E-state index contributed by atoms with van der Waals surface area (Å²) in [6, 6.07) is 9.64. The monoisotopic (exact) mass is 360 g/mol. The first-order chi connectivity index (χ1) is 10.5. The minimum absolute atomic E-state index is 0. The molecule has 1 amide bonds. The number of nitrogens with two attached hydrogens (primary N) is 1. The van der Waals surface area contributed by atoms with Crippen LogP contribution in [0.5, 0.6) is 0 Å². The molecule has 0 fully saturated rings. The summed E-state index contributed by atoms with van der Waals surface area (Å²) in [7, 11) is 0. The highest BCUT2D eigenvalue weighted by Gasteiger charge is 2.04. The molecule has 6 heteroatoms. The van der Waals surface area contributed by atoms with Crippen molar-refractivity contribution in [2.45, 2.75) is 38.4 Å². The second-order valence-corrected chi connectivity index (χ2v) is 7.32. The van der Waals surface area contributed by atoms with Gasteiger partial charge >= 0.3 is 6.09 Å². The van der Waals surface area contributed by atoms with Gasteiger partial charge in [0.1, 0.15) is 6.61 Å². The number of benzene rings is 1. The normalized spacial score (nSPS) is 12.0. The van der Waals surface area contributed by atoms with Crippen LogP contribution in [0.3, 0.4) is 0 Å². The van der Waals surface area contributed by atoms with Crippen molar-refractivity contribution >= 4 is 29.6 Å². The highest BCUT2D eigenvalue weighted by Crippen LogP contribution is 2.03. The standard InChI is InChI=1S/C12H17NO2S.C4H11NS.CH4/c1-10(16-2)8-13-12(14)15-9-11-6-4-3-5-7-11;1-4(3-5)6-2;/h3-7,10H,8-9H2,1-2H3,(H,13,14);4H,3,5H2,1-2H3;1H4. The zero-order chi connectivity index (χ0) is 16.8. The quantitative estimate of drug-likeness (QED) is 0.769. The maximum atomic E-state index is 11.3. The molecule has 1 aromatic rings. The van der Waals surface area contributed by atoms with Gasteiger partial charge in [0.25, 0.3) is 0 Å². The number of hydrogen-bond donors (Lipinski definition) is 2. The van der Waals surface area contributed by atoms with Crippen LogP contribution in [0.15, 0.2) is 30.3 Å². The van der Waals surface area contributed by atoms with E-state index in [2.05, 4.69) is 25.4 Å². The molecule has 1 aromatic carbocycles. The highest BCUT2D eigenvalue weighted by atomic mass is 32.2. The maximum absolute atomic E-state index is 11.3. The molecule has 0 saturated carbocycles. The number of ether oxygens (including phenoxy) is 1. The van der Waals surface area contributed by atoms with Gasteiger partial charge in [-0.25, -0.2) is 4.79 Å². The largest absolute Gasteiger partial charge is 0.445 e. The van der Waals surface area contributed by atoms with Crippen molar-refractivity contribution in [3.8, 4) is 0 Å². The van der Waals surface area contributed by atoms with Crippen molar-refractivity contribution in [3.63, 3.8) is 0 Å². The molecule has 0 aromatic heterocycles. The SMILES string of the molecule is C.CSC(C)CN.CSC(C)CNC(=O)OCc1ccccc1. The fourth-order valence-electron chi connectivity index (χ4n) is 1.18. The van der Waals surface area contributed by atoms with Gasteiger partial charge in [0.05, 0.1) is 0 Å². The van der Waals surface area contributed by atoms with E-state index in [1.165, 1.54) is 0 Å². The molecule has 0 spiro atoms. The Kier molecular flexibility index (Phi) is 17.0. The number of carbonyl (C=O) groups is 1. The van der Waals surface area contributed by atoms with E-state index in [0.29, 0.717) is 23.7 Å². The first kappa shape index (κ1) is 24.4. The molecular weight excluding hydrogens is 328 g/mol. The molecular formula is C17H32N2O2S2. The average Bonchev–Trinajstić information content (AvgIpc) is 2.58. The summed E-state index contributed by atoms with van der Waals surface area (Å²) in [5.74, 6) is 0. The number of carbonyl (C=O) groups excluding carboxylic acids is 1. The van der Waals surface area contributed by atoms with Crippen LogP contribution < -0.4 is 11.1 Å². The molecule has 23 heavy (non-hydrogen) atoms. The second kappa shape index (κ2) is 16.0. The van der Waals surface area contributed by atoms with Crippen molar-refractivity contribution in [2.24, 2.45) is 5.73 Å². The van der Waals surface area contributed by atoms with Crippen molar-refractivity contribution in [1.82, 2.24) is 5.32 Å². The van der Waals surface area contributed by atoms with E-state index in [9.17, 15) is 4.79 Å². The van der Waals surface area contributed by atoms with E-state index in [1.807, 2.05) is 36.6 Å². The van der Waals surface area contributed by atoms with Crippen molar-refractivity contribution < 1.29 is 9.53 Å². The van der Waals surface area contributed by atoms with Gasteiger partial charge in [-0.05, 0) is 18.1 Å². The van der Waals surface area contributed by atoms with Crippen LogP contribution in [-0.2, 0) is 11.3 Å². The van der Waals surface area contributed by atoms with Crippen LogP contribution in [0.25, 0.3) is 0 Å². The average molecular weight is 361 g/mol. The second-order valence-electron chi connectivity index (χ2n) is 4.77. The minimum Gasteiger partial charge on any atom is -0.445 e. The Bertz CT molecular complexity index is 387. The number of hydrogen-bond acceptors (Lipinski definition) is 5. The molecule has 1 rings (SSSR count). The third kappa shape index (κ3) is 14.5. The Morgan fingerprint density at radius 1 is 1.17 bits per heavy atom. The Morgan fingerprint density at radius 2 is 1.74 bits per heavy atom. The predicted octanol–water partition coefficient (Wildman–Crippen LogP) is 4.00. The summed E-state index contributed by atoms with van der Waals surface area (Å²) >= 11 is 3.51. The third-order valence-corrected chi connectivity index (χ3v) is 4.85. The number of amides is 1. The van der Waals surface area contributed by atoms with E-state index >= 15 is 0 Å². The van der Waals surface area contributed by atoms with Gasteiger partial charge in [-0.1, -0.05) is 51.6 Å². The Morgan fingerprint density at radius 3 is 2.17 bits per heavy atom. The molecule has 2 unspecified atom stereocenters. The van der Waals surface area contributed by atoms with Crippen LogP contribution in [0.4, 0.5) is 4.79 Å². The third-order valence-electron chi connectivity index (χ3n) is 2.88. The van der Waals surface area contributed by atoms with Crippen molar-refractivity contribution in [1.29, 1.82) is 0 Å². The van der Waals surface area contributed by atoms with Gasteiger partial charge in [0.15, 0.2) is 0 Å². The van der Waals surface area contributed by atoms with Crippen LogP contribution in [-0.4, -0.2) is 42.2 Å². The van der Waals surface area contributed by atoms with E-state index in [1.54, 1.807) is 23.5 Å². The molecule has 0 radical (unpaired) electrons. The van der Waals surface area contributed by atoms with Crippen LogP contribution in [0.2, 0.25) is 0 Å². The first-order valence-electron chi connectivity index (χ1n) is 7.23. The summed E-state index contributed by atoms with van der Waals surface area (Å²) in [5, 5.41) is 3.76. The number of rotatable bonds is 7. The lowest BCUT2D eigenvalue weighted by Crippen LogP contribution is -2.29. The molecule has 4 nitrogen and oxygen atoms in total. The molecule has 2 atom stereocenters. The molecule has 0 heterocycles. The van der Waals surface area contributed by atoms with Gasteiger partial charge in [-0.15, -0.1) is 0 Å². The number of thioether (sulfide) groups is 2. The number of alkyl carbamates (subject to hydrolysis) is 1. The smallest absolute Gasteiger partial charge is 0.407 e. The lowest BCUT2D eigenvalue weighted by Gasteiger charge is -2.10. The molecule has 0 bridgehead atoms. The van der Waals surface area contributed by atoms with Gasteiger partial charge < -0.3 is 15.8 Å². The van der Waals surface area contributed by atoms with Crippen LogP contribution in [0.1, 0.15) is 26.8 Å². The molecule has 0 aliphatic carbocycles. The zero-order valence-corrected chi connectivity index (χ0v) is 15.5. The van der Waals surface area contributed by atoms with Crippen molar-refractivity contribution in [2.75, 3.05) is 25.6 Å². The highest BCUT2D eigenvalue weighted by molar-refractivity contribution is 7.99. The van der Waals surface area contributed by atoms with E-state index in [-0.39, 0.29) is 13.5 Å². The molecule has 0 aliphatic heterocycles. The maximum Gasteiger partial charge on any atom is 0.407 e. The van der Waals surface area contributed by atoms with Crippen LogP contribution in [0, 0.1) is 0 Å². The van der Waals surface area contributed by atoms with Gasteiger partial charge in [0.2, 0.25) is 0 Å². The van der Waals surface area contributed by atoms with E-state index in [4.69, 9.17) is 10.5 Å². The number of nitrogens with one attached hydrogen (secondary N) is 1. The Balaban J connectivity index is 0. The Labute approximate surface area is 150 Å². The molecule has 0 aliphatic rings. The summed E-state index contributed by atoms with van der Waals surface area (Å²) in [6.45, 7) is 5.92. The van der Waals surface area contributed by atoms with Crippen molar-refractivity contribution in [3.05, 3.63) is 35.9 Å². The topological polar surface area (TPSA) is 64.3 Å².